The van der Waals surface area contributed by atoms with Crippen molar-refractivity contribution < 1.29 is 0 Å². The third-order valence-corrected chi connectivity index (χ3v) is 4.47. The summed E-state index contributed by atoms with van der Waals surface area (Å²) < 4.78 is 0. The van der Waals surface area contributed by atoms with E-state index in [1.165, 1.54) is 43.4 Å². The fourth-order valence-corrected chi connectivity index (χ4v) is 3.14. The predicted molar refractivity (Wildman–Crippen MR) is 93.9 cm³/mol. The molecular formula is C19H30N2. The van der Waals surface area contributed by atoms with Crippen LogP contribution in [0.5, 0.6) is 0 Å². The summed E-state index contributed by atoms with van der Waals surface area (Å²) in [5.74, 6) is 0.784. The van der Waals surface area contributed by atoms with Gasteiger partial charge in [0.25, 0.3) is 0 Å². The summed E-state index contributed by atoms with van der Waals surface area (Å²) in [6, 6.07) is 8.89. The van der Waals surface area contributed by atoms with E-state index in [1.54, 1.807) is 5.57 Å². The van der Waals surface area contributed by atoms with Gasteiger partial charge in [-0.25, -0.2) is 0 Å². The van der Waals surface area contributed by atoms with E-state index in [0.717, 1.165) is 19.0 Å². The first kappa shape index (κ1) is 16.1. The number of likely N-dealkylation sites (N-methyl/N-ethyl adjacent to an activating group) is 1. The lowest BCUT2D eigenvalue weighted by atomic mass is 9.83. The second-order valence-corrected chi connectivity index (χ2v) is 6.32. The van der Waals surface area contributed by atoms with Gasteiger partial charge in [0, 0.05) is 26.3 Å². The van der Waals surface area contributed by atoms with Crippen molar-refractivity contribution in [3.8, 4) is 0 Å². The van der Waals surface area contributed by atoms with Gasteiger partial charge in [0.15, 0.2) is 0 Å². The van der Waals surface area contributed by atoms with Gasteiger partial charge in [0.2, 0.25) is 0 Å². The minimum Gasteiger partial charge on any atom is -0.378 e. The van der Waals surface area contributed by atoms with Crippen LogP contribution in [-0.4, -0.2) is 27.2 Å². The van der Waals surface area contributed by atoms with Crippen LogP contribution < -0.4 is 10.2 Å². The van der Waals surface area contributed by atoms with E-state index >= 15 is 0 Å². The van der Waals surface area contributed by atoms with Crippen molar-refractivity contribution in [1.29, 1.82) is 0 Å². The molecule has 0 aliphatic heterocycles. The maximum atomic E-state index is 3.52. The van der Waals surface area contributed by atoms with Crippen LogP contribution in [0.2, 0.25) is 0 Å². The Morgan fingerprint density at radius 2 is 1.81 bits per heavy atom. The fourth-order valence-electron chi connectivity index (χ4n) is 3.14. The Morgan fingerprint density at radius 3 is 2.38 bits per heavy atom. The highest BCUT2D eigenvalue weighted by molar-refractivity contribution is 5.58. The van der Waals surface area contributed by atoms with E-state index in [-0.39, 0.29) is 0 Å². The smallest absolute Gasteiger partial charge is 0.0361 e. The van der Waals surface area contributed by atoms with Gasteiger partial charge in [-0.1, -0.05) is 50.0 Å². The van der Waals surface area contributed by atoms with Crippen molar-refractivity contribution >= 4 is 11.8 Å². The second kappa shape index (κ2) is 8.23. The molecule has 2 heteroatoms. The molecule has 2 rings (SSSR count). The topological polar surface area (TPSA) is 15.3 Å². The normalized spacial score (nSPS) is 17.0. The van der Waals surface area contributed by atoms with Crippen LogP contribution in [0.1, 0.15) is 44.6 Å². The van der Waals surface area contributed by atoms with Gasteiger partial charge in [-0.05, 0) is 43.0 Å². The van der Waals surface area contributed by atoms with Gasteiger partial charge >= 0.3 is 0 Å². The van der Waals surface area contributed by atoms with E-state index in [4.69, 9.17) is 0 Å². The molecule has 0 bridgehead atoms. The van der Waals surface area contributed by atoms with E-state index < -0.39 is 0 Å². The van der Waals surface area contributed by atoms with Gasteiger partial charge in [0.05, 0.1) is 0 Å². The summed E-state index contributed by atoms with van der Waals surface area (Å²) in [7, 11) is 4.17. The molecule has 1 saturated carbocycles. The monoisotopic (exact) mass is 286 g/mol. The van der Waals surface area contributed by atoms with Crippen LogP contribution >= 0.6 is 0 Å². The van der Waals surface area contributed by atoms with Crippen LogP contribution in [0.4, 0.5) is 5.69 Å². The molecule has 0 radical (unpaired) electrons. The Bertz CT molecular complexity index is 439. The molecule has 0 saturated heterocycles. The van der Waals surface area contributed by atoms with Crippen LogP contribution in [0, 0.1) is 5.92 Å². The number of anilines is 1. The minimum atomic E-state index is 0.784. The van der Waals surface area contributed by atoms with Gasteiger partial charge in [-0.3, -0.25) is 0 Å². The number of hydrogen-bond donors (Lipinski definition) is 1. The summed E-state index contributed by atoms with van der Waals surface area (Å²) in [6.07, 6.45) is 9.36. The minimum absolute atomic E-state index is 0.784. The average molecular weight is 286 g/mol. The van der Waals surface area contributed by atoms with Crippen molar-refractivity contribution in [3.63, 3.8) is 0 Å². The molecule has 0 spiro atoms. The quantitative estimate of drug-likeness (QED) is 0.837. The van der Waals surface area contributed by atoms with Crippen LogP contribution in [0.15, 0.2) is 29.8 Å². The highest BCUT2D eigenvalue weighted by atomic mass is 15.1. The number of nitrogens with one attached hydrogen (secondary N) is 1. The van der Waals surface area contributed by atoms with Crippen molar-refractivity contribution in [2.45, 2.75) is 39.0 Å². The van der Waals surface area contributed by atoms with Crippen molar-refractivity contribution in [3.05, 3.63) is 35.4 Å². The Kier molecular flexibility index (Phi) is 6.31. The molecule has 0 amide bonds. The number of nitrogens with zero attached hydrogens (tertiary/aromatic N) is 1. The van der Waals surface area contributed by atoms with E-state index in [9.17, 15) is 0 Å². The summed E-state index contributed by atoms with van der Waals surface area (Å²) in [6.45, 7) is 4.27. The lowest BCUT2D eigenvalue weighted by molar-refractivity contribution is 0.397. The Labute approximate surface area is 130 Å². The molecule has 0 aromatic heterocycles. The number of benzene rings is 1. The van der Waals surface area contributed by atoms with E-state index in [0.29, 0.717) is 0 Å². The molecule has 0 heterocycles. The highest BCUT2D eigenvalue weighted by Gasteiger charge is 2.17. The van der Waals surface area contributed by atoms with Crippen molar-refractivity contribution in [1.82, 2.24) is 5.32 Å². The molecule has 2 nitrogen and oxygen atoms in total. The second-order valence-electron chi connectivity index (χ2n) is 6.32. The SMILES string of the molecule is CCNC/C(=C/c1ccc(N(C)C)cc1)C1CCCCC1. The van der Waals surface area contributed by atoms with Gasteiger partial charge < -0.3 is 10.2 Å². The largest absolute Gasteiger partial charge is 0.378 e. The van der Waals surface area contributed by atoms with Crippen molar-refractivity contribution in [2.75, 3.05) is 32.1 Å². The zero-order valence-electron chi connectivity index (χ0n) is 13.9. The van der Waals surface area contributed by atoms with Gasteiger partial charge in [-0.2, -0.15) is 0 Å². The third-order valence-electron chi connectivity index (χ3n) is 4.47. The fraction of sp³-hybridized carbons (Fsp3) is 0.579. The summed E-state index contributed by atoms with van der Waals surface area (Å²) in [5.41, 5.74) is 4.19. The first-order chi connectivity index (χ1) is 10.2. The Hall–Kier alpha value is -1.28. The molecule has 1 fully saturated rings. The zero-order valence-corrected chi connectivity index (χ0v) is 13.9. The molecule has 1 aliphatic rings. The van der Waals surface area contributed by atoms with E-state index in [2.05, 4.69) is 61.6 Å². The predicted octanol–water partition coefficient (Wildman–Crippen LogP) is 4.33. The lowest BCUT2D eigenvalue weighted by Gasteiger charge is -2.25. The van der Waals surface area contributed by atoms with Gasteiger partial charge in [0.1, 0.15) is 0 Å². The van der Waals surface area contributed by atoms with E-state index in [1.807, 2.05) is 0 Å². The molecule has 116 valence electrons. The molecule has 0 atom stereocenters. The first-order valence-electron chi connectivity index (χ1n) is 8.39. The zero-order chi connectivity index (χ0) is 15.1. The first-order valence-corrected chi connectivity index (χ1v) is 8.39. The maximum Gasteiger partial charge on any atom is 0.0361 e. The molecule has 1 aromatic rings. The highest BCUT2D eigenvalue weighted by Crippen LogP contribution is 2.30. The molecule has 1 aliphatic carbocycles. The average Bonchev–Trinajstić information content (AvgIpc) is 2.52. The third kappa shape index (κ3) is 4.89. The van der Waals surface area contributed by atoms with Crippen LogP contribution in [0.25, 0.3) is 6.08 Å². The number of rotatable bonds is 6. The Morgan fingerprint density at radius 1 is 1.14 bits per heavy atom. The summed E-state index contributed by atoms with van der Waals surface area (Å²) in [5, 5.41) is 3.52. The molecular weight excluding hydrogens is 256 g/mol. The van der Waals surface area contributed by atoms with Gasteiger partial charge in [-0.15, -0.1) is 0 Å². The van der Waals surface area contributed by atoms with Crippen molar-refractivity contribution in [2.24, 2.45) is 5.92 Å². The van der Waals surface area contributed by atoms with Crippen LogP contribution in [0.3, 0.4) is 0 Å². The Balaban J connectivity index is 2.13. The van der Waals surface area contributed by atoms with Crippen LogP contribution in [-0.2, 0) is 0 Å². The molecule has 1 N–H and O–H groups in total. The molecule has 21 heavy (non-hydrogen) atoms. The maximum absolute atomic E-state index is 3.52. The molecule has 0 unspecified atom stereocenters. The molecule has 1 aromatic carbocycles. The lowest BCUT2D eigenvalue weighted by Crippen LogP contribution is -2.22. The standard InChI is InChI=1S/C19H30N2/c1-4-20-15-18(17-8-6-5-7-9-17)14-16-10-12-19(13-11-16)21(2)3/h10-14,17,20H,4-9,15H2,1-3H3/b18-14-. The summed E-state index contributed by atoms with van der Waals surface area (Å²) >= 11 is 0. The summed E-state index contributed by atoms with van der Waals surface area (Å²) in [4.78, 5) is 2.15. The number of hydrogen-bond acceptors (Lipinski definition) is 2.